The maximum Gasteiger partial charge on any atom is 0.254 e. The molecule has 0 aliphatic rings. The van der Waals surface area contributed by atoms with Crippen molar-refractivity contribution in [2.75, 3.05) is 19.6 Å². The largest absolute Gasteiger partial charge is 0.352 e. The van der Waals surface area contributed by atoms with E-state index in [2.05, 4.69) is 5.32 Å². The Morgan fingerprint density at radius 3 is 2.26 bits per heavy atom. The summed E-state index contributed by atoms with van der Waals surface area (Å²) in [5.41, 5.74) is 0.462. The van der Waals surface area contributed by atoms with Gasteiger partial charge in [-0.2, -0.15) is 4.31 Å². The molecular weight excluding hydrogens is 374 g/mol. The van der Waals surface area contributed by atoms with E-state index in [-0.39, 0.29) is 17.0 Å². The highest BCUT2D eigenvalue weighted by molar-refractivity contribution is 7.89. The lowest BCUT2D eigenvalue weighted by Crippen LogP contribution is -2.30. The number of hydrogen-bond donors (Lipinski definition) is 1. The average molecular weight is 396 g/mol. The number of benzene rings is 2. The monoisotopic (exact) mass is 396 g/mol. The zero-order chi connectivity index (χ0) is 20.0. The smallest absolute Gasteiger partial charge is 0.254 e. The Balaban J connectivity index is 1.97. The maximum absolute atomic E-state index is 13.6. The summed E-state index contributed by atoms with van der Waals surface area (Å²) in [5, 5.41) is 2.52. The van der Waals surface area contributed by atoms with Gasteiger partial charge in [0.1, 0.15) is 11.6 Å². The van der Waals surface area contributed by atoms with Crippen LogP contribution in [0.3, 0.4) is 0 Å². The minimum Gasteiger partial charge on any atom is -0.352 e. The topological polar surface area (TPSA) is 66.5 Å². The van der Waals surface area contributed by atoms with Gasteiger partial charge in [0.15, 0.2) is 0 Å². The molecule has 2 aromatic rings. The molecule has 2 rings (SSSR count). The molecule has 0 aliphatic heterocycles. The number of carbonyl (C=O) groups is 1. The highest BCUT2D eigenvalue weighted by atomic mass is 32.2. The molecule has 0 unspecified atom stereocenters. The van der Waals surface area contributed by atoms with E-state index in [0.29, 0.717) is 19.5 Å². The van der Waals surface area contributed by atoms with Crippen LogP contribution in [0.25, 0.3) is 0 Å². The second kappa shape index (κ2) is 9.05. The molecule has 0 atom stereocenters. The van der Waals surface area contributed by atoms with Crippen molar-refractivity contribution in [3.8, 4) is 0 Å². The SMILES string of the molecule is CCN(CC)S(=O)(=O)c1ccc(CCNC(=O)c2cc(F)ccc2F)cc1. The normalized spacial score (nSPS) is 11.6. The second-order valence-corrected chi connectivity index (χ2v) is 7.80. The summed E-state index contributed by atoms with van der Waals surface area (Å²) in [6, 6.07) is 9.08. The lowest BCUT2D eigenvalue weighted by molar-refractivity contribution is 0.0949. The van der Waals surface area contributed by atoms with Gasteiger partial charge in [-0.3, -0.25) is 4.79 Å². The van der Waals surface area contributed by atoms with Crippen LogP contribution in [0.2, 0.25) is 0 Å². The molecule has 1 N–H and O–H groups in total. The third-order valence-corrected chi connectivity index (χ3v) is 6.20. The Morgan fingerprint density at radius 2 is 1.67 bits per heavy atom. The first kappa shape index (κ1) is 21.0. The molecule has 2 aromatic carbocycles. The van der Waals surface area contributed by atoms with E-state index < -0.39 is 27.6 Å². The van der Waals surface area contributed by atoms with Gasteiger partial charge < -0.3 is 5.32 Å². The van der Waals surface area contributed by atoms with Gasteiger partial charge >= 0.3 is 0 Å². The summed E-state index contributed by atoms with van der Waals surface area (Å²) in [5.74, 6) is -2.18. The summed E-state index contributed by atoms with van der Waals surface area (Å²) in [4.78, 5) is 12.1. The second-order valence-electron chi connectivity index (χ2n) is 5.86. The van der Waals surface area contributed by atoms with Crippen molar-refractivity contribution in [3.63, 3.8) is 0 Å². The third kappa shape index (κ3) is 5.11. The van der Waals surface area contributed by atoms with Crippen LogP contribution in [0.15, 0.2) is 47.4 Å². The molecule has 0 saturated heterocycles. The summed E-state index contributed by atoms with van der Waals surface area (Å²) < 4.78 is 52.9. The Labute approximate surface area is 158 Å². The van der Waals surface area contributed by atoms with Crippen molar-refractivity contribution < 1.29 is 22.0 Å². The van der Waals surface area contributed by atoms with Crippen LogP contribution < -0.4 is 5.32 Å². The van der Waals surface area contributed by atoms with Crippen LogP contribution in [-0.4, -0.2) is 38.3 Å². The number of sulfonamides is 1. The summed E-state index contributed by atoms with van der Waals surface area (Å²) in [6.45, 7) is 4.54. The van der Waals surface area contributed by atoms with Gasteiger partial charge in [0.05, 0.1) is 10.5 Å². The Hall–Kier alpha value is -2.32. The molecular formula is C19H22F2N2O3S. The van der Waals surface area contributed by atoms with E-state index in [4.69, 9.17) is 0 Å². The molecule has 0 aliphatic carbocycles. The predicted octanol–water partition coefficient (Wildman–Crippen LogP) is 2.97. The van der Waals surface area contributed by atoms with E-state index >= 15 is 0 Å². The molecule has 146 valence electrons. The number of nitrogens with one attached hydrogen (secondary N) is 1. The molecule has 0 bridgehead atoms. The third-order valence-electron chi connectivity index (χ3n) is 4.14. The molecule has 0 aromatic heterocycles. The van der Waals surface area contributed by atoms with Crippen LogP contribution in [-0.2, 0) is 16.4 Å². The van der Waals surface area contributed by atoms with E-state index in [9.17, 15) is 22.0 Å². The lowest BCUT2D eigenvalue weighted by Gasteiger charge is -2.18. The van der Waals surface area contributed by atoms with Crippen molar-refractivity contribution in [1.29, 1.82) is 0 Å². The standard InChI is InChI=1S/C19H22F2N2O3S/c1-3-23(4-2)27(25,26)16-8-5-14(6-9-16)11-12-22-19(24)17-13-15(20)7-10-18(17)21/h5-10,13H,3-4,11-12H2,1-2H3,(H,22,24). The highest BCUT2D eigenvalue weighted by Crippen LogP contribution is 2.16. The molecule has 27 heavy (non-hydrogen) atoms. The first-order chi connectivity index (χ1) is 12.8. The lowest BCUT2D eigenvalue weighted by atomic mass is 10.1. The highest BCUT2D eigenvalue weighted by Gasteiger charge is 2.21. The Morgan fingerprint density at radius 1 is 1.04 bits per heavy atom. The van der Waals surface area contributed by atoms with Crippen LogP contribution in [0.4, 0.5) is 8.78 Å². The zero-order valence-corrected chi connectivity index (χ0v) is 16.0. The van der Waals surface area contributed by atoms with Gasteiger partial charge in [-0.25, -0.2) is 17.2 Å². The van der Waals surface area contributed by atoms with Crippen molar-refractivity contribution in [2.45, 2.75) is 25.2 Å². The number of rotatable bonds is 8. The fraction of sp³-hybridized carbons (Fsp3) is 0.316. The predicted molar refractivity (Wildman–Crippen MR) is 98.9 cm³/mol. The minimum absolute atomic E-state index is 0.205. The minimum atomic E-state index is -3.51. The average Bonchev–Trinajstić information content (AvgIpc) is 2.64. The summed E-state index contributed by atoms with van der Waals surface area (Å²) >= 11 is 0. The first-order valence-electron chi connectivity index (χ1n) is 8.62. The van der Waals surface area contributed by atoms with Crippen LogP contribution in [0, 0.1) is 11.6 Å². The van der Waals surface area contributed by atoms with Gasteiger partial charge in [0.2, 0.25) is 10.0 Å². The Kier molecular flexibility index (Phi) is 7.04. The molecule has 5 nitrogen and oxygen atoms in total. The number of hydrogen-bond acceptors (Lipinski definition) is 3. The van der Waals surface area contributed by atoms with E-state index in [0.717, 1.165) is 23.8 Å². The van der Waals surface area contributed by atoms with E-state index in [1.54, 1.807) is 26.0 Å². The quantitative estimate of drug-likeness (QED) is 0.746. The van der Waals surface area contributed by atoms with E-state index in [1.807, 2.05) is 0 Å². The van der Waals surface area contributed by atoms with Crippen LogP contribution in [0.1, 0.15) is 29.8 Å². The van der Waals surface area contributed by atoms with Gasteiger partial charge in [-0.05, 0) is 42.3 Å². The molecule has 0 fully saturated rings. The summed E-state index contributed by atoms with van der Waals surface area (Å²) in [6.07, 6.45) is 0.425. The van der Waals surface area contributed by atoms with Gasteiger partial charge in [-0.15, -0.1) is 0 Å². The number of nitrogens with zero attached hydrogens (tertiary/aromatic N) is 1. The zero-order valence-electron chi connectivity index (χ0n) is 15.2. The van der Waals surface area contributed by atoms with Crippen LogP contribution in [0.5, 0.6) is 0 Å². The number of halogens is 2. The molecule has 0 spiro atoms. The van der Waals surface area contributed by atoms with Gasteiger partial charge in [0.25, 0.3) is 5.91 Å². The van der Waals surface area contributed by atoms with Gasteiger partial charge in [0, 0.05) is 19.6 Å². The van der Waals surface area contributed by atoms with E-state index in [1.165, 1.54) is 16.4 Å². The first-order valence-corrected chi connectivity index (χ1v) is 10.1. The molecule has 0 radical (unpaired) electrons. The molecule has 0 heterocycles. The Bertz CT molecular complexity index is 896. The summed E-state index contributed by atoms with van der Waals surface area (Å²) in [7, 11) is -3.51. The van der Waals surface area contributed by atoms with Crippen molar-refractivity contribution >= 4 is 15.9 Å². The van der Waals surface area contributed by atoms with Crippen molar-refractivity contribution in [1.82, 2.24) is 9.62 Å². The number of carbonyl (C=O) groups excluding carboxylic acids is 1. The van der Waals surface area contributed by atoms with Crippen molar-refractivity contribution in [2.24, 2.45) is 0 Å². The van der Waals surface area contributed by atoms with Crippen LogP contribution >= 0.6 is 0 Å². The maximum atomic E-state index is 13.6. The fourth-order valence-corrected chi connectivity index (χ4v) is 4.09. The molecule has 0 saturated carbocycles. The van der Waals surface area contributed by atoms with Crippen molar-refractivity contribution in [3.05, 3.63) is 65.2 Å². The number of amides is 1. The molecule has 8 heteroatoms. The molecule has 1 amide bonds. The fourth-order valence-electron chi connectivity index (χ4n) is 2.63. The van der Waals surface area contributed by atoms with Gasteiger partial charge in [-0.1, -0.05) is 26.0 Å².